The summed E-state index contributed by atoms with van der Waals surface area (Å²) >= 11 is 0. The Hall–Kier alpha value is -2.04. The molecule has 0 saturated heterocycles. The molecular formula is C13H19N3O2. The fourth-order valence-corrected chi connectivity index (χ4v) is 1.69. The monoisotopic (exact) mass is 249 g/mol. The molecule has 0 aliphatic heterocycles. The number of nitrogens with one attached hydrogen (secondary N) is 1. The van der Waals surface area contributed by atoms with E-state index in [0.717, 1.165) is 12.8 Å². The fraction of sp³-hybridized carbons (Fsp3) is 0.385. The normalized spacial score (nSPS) is 13.1. The molecule has 0 aromatic heterocycles. The predicted octanol–water partition coefficient (Wildman–Crippen LogP) is 1.70. The molecule has 1 atom stereocenters. The zero-order valence-electron chi connectivity index (χ0n) is 10.7. The third-order valence-corrected chi connectivity index (χ3v) is 2.63. The van der Waals surface area contributed by atoms with Gasteiger partial charge in [0.1, 0.15) is 0 Å². The van der Waals surface area contributed by atoms with Crippen molar-refractivity contribution in [3.63, 3.8) is 0 Å². The number of oxime groups is 1. The van der Waals surface area contributed by atoms with Gasteiger partial charge in [-0.1, -0.05) is 30.6 Å². The summed E-state index contributed by atoms with van der Waals surface area (Å²) in [6.07, 6.45) is 1.96. The van der Waals surface area contributed by atoms with Crippen molar-refractivity contribution < 1.29 is 10.0 Å². The summed E-state index contributed by atoms with van der Waals surface area (Å²) < 4.78 is 0. The number of rotatable bonds is 5. The molecule has 1 amide bonds. The molecule has 0 fully saturated rings. The van der Waals surface area contributed by atoms with Crippen molar-refractivity contribution in [3.8, 4) is 0 Å². The molecule has 1 unspecified atom stereocenters. The van der Waals surface area contributed by atoms with E-state index in [1.807, 2.05) is 6.92 Å². The molecule has 4 N–H and O–H groups in total. The maximum absolute atomic E-state index is 11.9. The van der Waals surface area contributed by atoms with Gasteiger partial charge in [-0.15, -0.1) is 0 Å². The van der Waals surface area contributed by atoms with Crippen LogP contribution in [0.25, 0.3) is 0 Å². The van der Waals surface area contributed by atoms with Crippen LogP contribution in [-0.4, -0.2) is 23.0 Å². The molecule has 0 aliphatic carbocycles. The highest BCUT2D eigenvalue weighted by molar-refractivity contribution is 6.01. The first-order valence-electron chi connectivity index (χ1n) is 5.97. The van der Waals surface area contributed by atoms with Gasteiger partial charge in [-0.2, -0.15) is 0 Å². The number of amides is 1. The summed E-state index contributed by atoms with van der Waals surface area (Å²) in [7, 11) is 0. The van der Waals surface area contributed by atoms with Gasteiger partial charge < -0.3 is 16.3 Å². The van der Waals surface area contributed by atoms with E-state index in [9.17, 15) is 4.79 Å². The van der Waals surface area contributed by atoms with Crippen LogP contribution in [0.1, 0.15) is 42.6 Å². The number of nitrogens with two attached hydrogens (primary N) is 1. The van der Waals surface area contributed by atoms with E-state index in [1.54, 1.807) is 24.3 Å². The molecule has 98 valence electrons. The quantitative estimate of drug-likeness (QED) is 0.321. The fourth-order valence-electron chi connectivity index (χ4n) is 1.69. The van der Waals surface area contributed by atoms with E-state index in [4.69, 9.17) is 10.9 Å². The standard InChI is InChI=1S/C13H19N3O2/c1-3-5-9(2)15-13(17)11-7-4-6-10(8-11)12(14)16-18/h4,6-9,18H,3,5H2,1-2H3,(H2,14,16)(H,15,17). The number of carbonyl (C=O) groups is 1. The van der Waals surface area contributed by atoms with Gasteiger partial charge in [0, 0.05) is 17.2 Å². The molecule has 0 saturated carbocycles. The van der Waals surface area contributed by atoms with Crippen molar-refractivity contribution in [1.29, 1.82) is 0 Å². The van der Waals surface area contributed by atoms with E-state index in [2.05, 4.69) is 17.4 Å². The van der Waals surface area contributed by atoms with Gasteiger partial charge in [0.05, 0.1) is 0 Å². The average Bonchev–Trinajstić information content (AvgIpc) is 2.38. The smallest absolute Gasteiger partial charge is 0.251 e. The summed E-state index contributed by atoms with van der Waals surface area (Å²) in [5.74, 6) is -0.158. The lowest BCUT2D eigenvalue weighted by Crippen LogP contribution is -2.32. The minimum Gasteiger partial charge on any atom is -0.409 e. The SMILES string of the molecule is CCCC(C)NC(=O)c1cccc(/C(N)=N/O)c1. The van der Waals surface area contributed by atoms with Crippen LogP contribution in [0.2, 0.25) is 0 Å². The summed E-state index contributed by atoms with van der Waals surface area (Å²) in [6.45, 7) is 4.04. The molecule has 1 aromatic rings. The average molecular weight is 249 g/mol. The van der Waals surface area contributed by atoms with Gasteiger partial charge in [0.15, 0.2) is 5.84 Å². The van der Waals surface area contributed by atoms with Crippen LogP contribution in [0.3, 0.4) is 0 Å². The highest BCUT2D eigenvalue weighted by Crippen LogP contribution is 2.06. The molecule has 0 spiro atoms. The Balaban J connectivity index is 2.80. The third-order valence-electron chi connectivity index (χ3n) is 2.63. The Bertz CT molecular complexity index is 444. The van der Waals surface area contributed by atoms with Crippen molar-refractivity contribution in [2.75, 3.05) is 0 Å². The summed E-state index contributed by atoms with van der Waals surface area (Å²) in [4.78, 5) is 11.9. The Morgan fingerprint density at radius 1 is 1.50 bits per heavy atom. The van der Waals surface area contributed by atoms with Crippen LogP contribution in [0, 0.1) is 0 Å². The van der Waals surface area contributed by atoms with E-state index < -0.39 is 0 Å². The number of amidine groups is 1. The van der Waals surface area contributed by atoms with Crippen molar-refractivity contribution >= 4 is 11.7 Å². The zero-order chi connectivity index (χ0) is 13.5. The number of carbonyl (C=O) groups excluding carboxylic acids is 1. The lowest BCUT2D eigenvalue weighted by molar-refractivity contribution is 0.0938. The first kappa shape index (κ1) is 14.0. The highest BCUT2D eigenvalue weighted by atomic mass is 16.4. The first-order chi connectivity index (χ1) is 8.58. The third kappa shape index (κ3) is 3.76. The zero-order valence-corrected chi connectivity index (χ0v) is 10.7. The van der Waals surface area contributed by atoms with Crippen LogP contribution < -0.4 is 11.1 Å². The maximum atomic E-state index is 11.9. The van der Waals surface area contributed by atoms with Crippen LogP contribution in [0.15, 0.2) is 29.4 Å². The molecule has 0 radical (unpaired) electrons. The number of nitrogens with zero attached hydrogens (tertiary/aromatic N) is 1. The Morgan fingerprint density at radius 3 is 2.78 bits per heavy atom. The predicted molar refractivity (Wildman–Crippen MR) is 70.8 cm³/mol. The Morgan fingerprint density at radius 2 is 2.17 bits per heavy atom. The van der Waals surface area contributed by atoms with Crippen LogP contribution in [-0.2, 0) is 0 Å². The number of hydrogen-bond donors (Lipinski definition) is 3. The molecule has 18 heavy (non-hydrogen) atoms. The van der Waals surface area contributed by atoms with Crippen molar-refractivity contribution in [2.45, 2.75) is 32.7 Å². The van der Waals surface area contributed by atoms with Gasteiger partial charge >= 0.3 is 0 Å². The molecular weight excluding hydrogens is 230 g/mol. The van der Waals surface area contributed by atoms with Crippen LogP contribution in [0.5, 0.6) is 0 Å². The highest BCUT2D eigenvalue weighted by Gasteiger charge is 2.10. The topological polar surface area (TPSA) is 87.7 Å². The van der Waals surface area contributed by atoms with E-state index >= 15 is 0 Å². The van der Waals surface area contributed by atoms with Gasteiger partial charge in [-0.25, -0.2) is 0 Å². The van der Waals surface area contributed by atoms with Gasteiger partial charge in [0.25, 0.3) is 5.91 Å². The lowest BCUT2D eigenvalue weighted by atomic mass is 10.1. The van der Waals surface area contributed by atoms with Crippen LogP contribution >= 0.6 is 0 Å². The maximum Gasteiger partial charge on any atom is 0.251 e. The van der Waals surface area contributed by atoms with Crippen molar-refractivity contribution in [2.24, 2.45) is 10.9 Å². The second-order valence-corrected chi connectivity index (χ2v) is 4.23. The Kier molecular flexibility index (Phi) is 5.17. The molecule has 0 bridgehead atoms. The second-order valence-electron chi connectivity index (χ2n) is 4.23. The van der Waals surface area contributed by atoms with Gasteiger partial charge in [-0.3, -0.25) is 4.79 Å². The summed E-state index contributed by atoms with van der Waals surface area (Å²) in [5.41, 5.74) is 6.50. The van der Waals surface area contributed by atoms with Crippen LogP contribution in [0.4, 0.5) is 0 Å². The molecule has 0 heterocycles. The number of hydrogen-bond acceptors (Lipinski definition) is 3. The largest absolute Gasteiger partial charge is 0.409 e. The van der Waals surface area contributed by atoms with Crippen molar-refractivity contribution in [1.82, 2.24) is 5.32 Å². The minimum atomic E-state index is -0.150. The van der Waals surface area contributed by atoms with Gasteiger partial charge in [0.2, 0.25) is 0 Å². The lowest BCUT2D eigenvalue weighted by Gasteiger charge is -2.13. The van der Waals surface area contributed by atoms with E-state index in [-0.39, 0.29) is 17.8 Å². The van der Waals surface area contributed by atoms with E-state index in [1.165, 1.54) is 0 Å². The first-order valence-corrected chi connectivity index (χ1v) is 5.97. The molecule has 1 rings (SSSR count). The minimum absolute atomic E-state index is 0.00810. The molecule has 5 nitrogen and oxygen atoms in total. The summed E-state index contributed by atoms with van der Waals surface area (Å²) in [6, 6.07) is 6.81. The molecule has 1 aromatic carbocycles. The van der Waals surface area contributed by atoms with Crippen molar-refractivity contribution in [3.05, 3.63) is 35.4 Å². The molecule has 5 heteroatoms. The number of benzene rings is 1. The second kappa shape index (κ2) is 6.64. The molecule has 0 aliphatic rings. The Labute approximate surface area is 107 Å². The summed E-state index contributed by atoms with van der Waals surface area (Å²) in [5, 5.41) is 14.4. The van der Waals surface area contributed by atoms with Gasteiger partial charge in [-0.05, 0) is 25.5 Å². The van der Waals surface area contributed by atoms with E-state index in [0.29, 0.717) is 11.1 Å².